The van der Waals surface area contributed by atoms with E-state index in [9.17, 15) is 9.18 Å². The molecular weight excluding hydrogens is 347 g/mol. The van der Waals surface area contributed by atoms with E-state index in [1.54, 1.807) is 12.1 Å². The highest BCUT2D eigenvalue weighted by atomic mass is 79.9. The average molecular weight is 369 g/mol. The van der Waals surface area contributed by atoms with Crippen molar-refractivity contribution in [3.8, 4) is 0 Å². The van der Waals surface area contributed by atoms with E-state index in [-0.39, 0.29) is 23.7 Å². The molecule has 3 nitrogen and oxygen atoms in total. The summed E-state index contributed by atoms with van der Waals surface area (Å²) in [4.78, 5) is 14.6. The van der Waals surface area contributed by atoms with Crippen molar-refractivity contribution in [2.24, 2.45) is 23.5 Å². The smallest absolute Gasteiger partial charge is 0.225 e. The number of carbonyl (C=O) groups excluding carboxylic acids is 1. The van der Waals surface area contributed by atoms with Crippen LogP contribution >= 0.6 is 15.9 Å². The van der Waals surface area contributed by atoms with Crippen LogP contribution in [0.15, 0.2) is 22.7 Å². The Balaban J connectivity index is 1.61. The van der Waals surface area contributed by atoms with Crippen LogP contribution in [0.1, 0.15) is 25.3 Å². The maximum Gasteiger partial charge on any atom is 0.225 e. The first kappa shape index (κ1) is 15.9. The van der Waals surface area contributed by atoms with Gasteiger partial charge >= 0.3 is 0 Å². The van der Waals surface area contributed by atoms with E-state index in [0.717, 1.165) is 31.5 Å². The fourth-order valence-corrected chi connectivity index (χ4v) is 4.33. The second kappa shape index (κ2) is 6.28. The van der Waals surface area contributed by atoms with Crippen LogP contribution in [-0.4, -0.2) is 29.9 Å². The molecule has 1 aromatic carbocycles. The van der Waals surface area contributed by atoms with E-state index < -0.39 is 0 Å². The molecule has 3 rings (SSSR count). The van der Waals surface area contributed by atoms with E-state index in [2.05, 4.69) is 15.9 Å². The quantitative estimate of drug-likeness (QED) is 0.891. The molecule has 1 aliphatic carbocycles. The number of benzene rings is 1. The van der Waals surface area contributed by atoms with Crippen LogP contribution in [0.4, 0.5) is 4.39 Å². The van der Waals surface area contributed by atoms with Gasteiger partial charge in [0.25, 0.3) is 0 Å². The highest BCUT2D eigenvalue weighted by Gasteiger charge is 2.43. The predicted molar refractivity (Wildman–Crippen MR) is 87.7 cm³/mol. The summed E-state index contributed by atoms with van der Waals surface area (Å²) in [7, 11) is 0. The van der Waals surface area contributed by atoms with Gasteiger partial charge in [-0.2, -0.15) is 0 Å². The van der Waals surface area contributed by atoms with Gasteiger partial charge < -0.3 is 10.6 Å². The van der Waals surface area contributed by atoms with Crippen molar-refractivity contribution in [1.29, 1.82) is 0 Å². The van der Waals surface area contributed by atoms with Crippen molar-refractivity contribution in [2.75, 3.05) is 13.1 Å². The third-order valence-corrected chi connectivity index (χ3v) is 5.78. The average Bonchev–Trinajstić information content (AvgIpc) is 3.05. The van der Waals surface area contributed by atoms with E-state index in [1.165, 1.54) is 6.07 Å². The maximum atomic E-state index is 13.3. The lowest BCUT2D eigenvalue weighted by Crippen LogP contribution is -2.36. The Morgan fingerprint density at radius 2 is 2.23 bits per heavy atom. The molecule has 2 N–H and O–H groups in total. The summed E-state index contributed by atoms with van der Waals surface area (Å²) in [5.74, 6) is 0.903. The fraction of sp³-hybridized carbons (Fsp3) is 0.588. The van der Waals surface area contributed by atoms with Gasteiger partial charge in [-0.25, -0.2) is 4.39 Å². The number of amides is 1. The van der Waals surface area contributed by atoms with Crippen LogP contribution in [0.2, 0.25) is 0 Å². The number of fused-ring (bicyclic) bond motifs is 1. The van der Waals surface area contributed by atoms with Gasteiger partial charge in [-0.1, -0.05) is 13.0 Å². The minimum absolute atomic E-state index is 0.0904. The summed E-state index contributed by atoms with van der Waals surface area (Å²) in [5.41, 5.74) is 7.11. The molecule has 4 atom stereocenters. The van der Waals surface area contributed by atoms with Crippen molar-refractivity contribution in [2.45, 2.75) is 32.2 Å². The normalized spacial score (nSPS) is 28.7. The van der Waals surface area contributed by atoms with Crippen molar-refractivity contribution in [3.63, 3.8) is 0 Å². The fourth-order valence-electron chi connectivity index (χ4n) is 3.91. The van der Waals surface area contributed by atoms with Crippen LogP contribution in [0, 0.1) is 23.6 Å². The van der Waals surface area contributed by atoms with Gasteiger partial charge in [-0.15, -0.1) is 0 Å². The third kappa shape index (κ3) is 3.06. The molecule has 0 spiro atoms. The van der Waals surface area contributed by atoms with Crippen LogP contribution in [0.5, 0.6) is 0 Å². The number of halogens is 2. The van der Waals surface area contributed by atoms with Gasteiger partial charge in [0.15, 0.2) is 0 Å². The zero-order valence-corrected chi connectivity index (χ0v) is 14.4. The Hall–Kier alpha value is -0.940. The summed E-state index contributed by atoms with van der Waals surface area (Å²) in [5, 5.41) is 0. The molecule has 1 heterocycles. The third-order valence-electron chi connectivity index (χ3n) is 5.17. The van der Waals surface area contributed by atoms with E-state index in [4.69, 9.17) is 5.73 Å². The Morgan fingerprint density at radius 1 is 1.45 bits per heavy atom. The molecule has 2 fully saturated rings. The second-order valence-corrected chi connectivity index (χ2v) is 7.62. The lowest BCUT2D eigenvalue weighted by Gasteiger charge is -2.22. The molecule has 4 unspecified atom stereocenters. The van der Waals surface area contributed by atoms with Crippen LogP contribution in [0.3, 0.4) is 0 Å². The topological polar surface area (TPSA) is 46.3 Å². The summed E-state index contributed by atoms with van der Waals surface area (Å²) < 4.78 is 13.7. The lowest BCUT2D eigenvalue weighted by atomic mass is 9.98. The summed E-state index contributed by atoms with van der Waals surface area (Å²) in [6.45, 7) is 3.62. The number of nitrogens with two attached hydrogens (primary N) is 1. The molecule has 0 aromatic heterocycles. The van der Waals surface area contributed by atoms with E-state index in [0.29, 0.717) is 22.7 Å². The van der Waals surface area contributed by atoms with Gasteiger partial charge in [0.2, 0.25) is 5.91 Å². The summed E-state index contributed by atoms with van der Waals surface area (Å²) >= 11 is 3.19. The molecule has 2 aliphatic rings. The molecule has 0 radical (unpaired) electrons. The van der Waals surface area contributed by atoms with E-state index >= 15 is 0 Å². The maximum absolute atomic E-state index is 13.3. The minimum Gasteiger partial charge on any atom is -0.342 e. The molecule has 5 heteroatoms. The van der Waals surface area contributed by atoms with Crippen LogP contribution < -0.4 is 5.73 Å². The molecule has 1 aliphatic heterocycles. The first-order chi connectivity index (χ1) is 10.5. The van der Waals surface area contributed by atoms with Crippen molar-refractivity contribution in [1.82, 2.24) is 4.90 Å². The Morgan fingerprint density at radius 3 is 2.91 bits per heavy atom. The molecule has 1 aromatic rings. The summed E-state index contributed by atoms with van der Waals surface area (Å²) in [6, 6.07) is 5.20. The number of hydrogen-bond acceptors (Lipinski definition) is 2. The van der Waals surface area contributed by atoms with Gasteiger partial charge in [0.05, 0.1) is 4.47 Å². The number of carbonyl (C=O) groups is 1. The molecule has 1 amide bonds. The van der Waals surface area contributed by atoms with Crippen molar-refractivity contribution in [3.05, 3.63) is 34.1 Å². The SMILES string of the molecule is CC(Cc1ccc(F)c(Br)c1)C(=O)N1CC2CCC(N)C2C1. The molecule has 1 saturated heterocycles. The van der Waals surface area contributed by atoms with Gasteiger partial charge in [-0.3, -0.25) is 4.79 Å². The van der Waals surface area contributed by atoms with Gasteiger partial charge in [0.1, 0.15) is 5.82 Å². The minimum atomic E-state index is -0.274. The zero-order valence-electron chi connectivity index (χ0n) is 12.8. The standard InChI is InChI=1S/C17H22BrFN2O/c1-10(6-11-2-4-15(19)14(18)7-11)17(22)21-8-12-3-5-16(20)13(12)9-21/h2,4,7,10,12-13,16H,3,5-6,8-9,20H2,1H3. The van der Waals surface area contributed by atoms with Crippen LogP contribution in [0.25, 0.3) is 0 Å². The number of likely N-dealkylation sites (tertiary alicyclic amines) is 1. The largest absolute Gasteiger partial charge is 0.342 e. The molecule has 0 bridgehead atoms. The predicted octanol–water partition coefficient (Wildman–Crippen LogP) is 2.96. The molecule has 120 valence electrons. The second-order valence-electron chi connectivity index (χ2n) is 6.76. The molecular formula is C17H22BrFN2O. The Kier molecular flexibility index (Phi) is 4.55. The number of nitrogens with zero attached hydrogens (tertiary/aromatic N) is 1. The Bertz CT molecular complexity index is 580. The van der Waals surface area contributed by atoms with Crippen LogP contribution in [-0.2, 0) is 11.2 Å². The van der Waals surface area contributed by atoms with Crippen molar-refractivity contribution < 1.29 is 9.18 Å². The highest BCUT2D eigenvalue weighted by Crippen LogP contribution is 2.37. The number of rotatable bonds is 3. The molecule has 1 saturated carbocycles. The van der Waals surface area contributed by atoms with Gasteiger partial charge in [-0.05, 0) is 64.7 Å². The summed E-state index contributed by atoms with van der Waals surface area (Å²) in [6.07, 6.45) is 2.88. The Labute approximate surface area is 139 Å². The van der Waals surface area contributed by atoms with Crippen molar-refractivity contribution >= 4 is 21.8 Å². The van der Waals surface area contributed by atoms with E-state index in [1.807, 2.05) is 11.8 Å². The number of hydrogen-bond donors (Lipinski definition) is 1. The monoisotopic (exact) mass is 368 g/mol. The molecule has 22 heavy (non-hydrogen) atoms. The highest BCUT2D eigenvalue weighted by molar-refractivity contribution is 9.10. The first-order valence-electron chi connectivity index (χ1n) is 7.94. The van der Waals surface area contributed by atoms with Gasteiger partial charge in [0, 0.05) is 25.0 Å². The lowest BCUT2D eigenvalue weighted by molar-refractivity contribution is -0.134. The zero-order chi connectivity index (χ0) is 15.9. The first-order valence-corrected chi connectivity index (χ1v) is 8.73.